The Morgan fingerprint density at radius 3 is 2.39 bits per heavy atom. The maximum absolute atomic E-state index is 14.4. The summed E-state index contributed by atoms with van der Waals surface area (Å²) in [5.41, 5.74) is 0.555. The molecule has 2 aromatic carbocycles. The van der Waals surface area contributed by atoms with E-state index in [1.165, 1.54) is 0 Å². The van der Waals surface area contributed by atoms with Crippen LogP contribution in [0.25, 0.3) is 10.8 Å². The first-order valence-corrected chi connectivity index (χ1v) is 7.54. The number of nitrogens with one attached hydrogen (secondary N) is 1. The number of aliphatic hydroxyl groups is 1. The van der Waals surface area contributed by atoms with Crippen LogP contribution in [0.2, 0.25) is 0 Å². The highest BCUT2D eigenvalue weighted by Gasteiger charge is 2.44. The number of aliphatic hydroxyl groups excluding tert-OH is 1. The zero-order chi connectivity index (χ0) is 15.6. The third kappa shape index (κ3) is 3.80. The Morgan fingerprint density at radius 2 is 1.74 bits per heavy atom. The van der Waals surface area contributed by atoms with Gasteiger partial charge < -0.3 is 10.4 Å². The summed E-state index contributed by atoms with van der Waals surface area (Å²) in [5, 5.41) is 14.3. The molecule has 1 aliphatic rings. The van der Waals surface area contributed by atoms with E-state index in [1.54, 1.807) is 11.0 Å². The number of nitrogens with zero attached hydrogens (tertiary/aromatic N) is 1. The lowest BCUT2D eigenvalue weighted by molar-refractivity contribution is -0.118. The summed E-state index contributed by atoms with van der Waals surface area (Å²) in [6, 6.07) is 12.0. The van der Waals surface area contributed by atoms with Crippen molar-refractivity contribution in [2.45, 2.75) is 12.0 Å². The molecule has 0 saturated carbocycles. The van der Waals surface area contributed by atoms with Crippen molar-refractivity contribution in [3.8, 4) is 0 Å². The summed E-state index contributed by atoms with van der Waals surface area (Å²) in [6.45, 7) is 1.33. The van der Waals surface area contributed by atoms with Crippen LogP contribution < -0.4 is 5.32 Å². The zero-order valence-electron chi connectivity index (χ0n) is 12.7. The number of rotatable bonds is 4. The van der Waals surface area contributed by atoms with Crippen molar-refractivity contribution in [2.24, 2.45) is 0 Å². The van der Waals surface area contributed by atoms with Crippen molar-refractivity contribution < 1.29 is 13.9 Å². The summed E-state index contributed by atoms with van der Waals surface area (Å²) in [6.07, 6.45) is 0. The van der Waals surface area contributed by atoms with E-state index >= 15 is 0 Å². The molecule has 2 N–H and O–H groups in total. The van der Waals surface area contributed by atoms with Crippen molar-refractivity contribution in [3.63, 3.8) is 0 Å². The van der Waals surface area contributed by atoms with E-state index in [0.29, 0.717) is 31.7 Å². The number of hydrogen-bond donors (Lipinski definition) is 2. The number of piperazine rings is 1. The highest BCUT2D eigenvalue weighted by Crippen LogP contribution is 2.37. The largest absolute Gasteiger partial charge is 0.390 e. The molecule has 0 amide bonds. The second kappa shape index (κ2) is 7.53. The molecule has 2 aromatic rings. The summed E-state index contributed by atoms with van der Waals surface area (Å²) in [4.78, 5) is 1.76. The van der Waals surface area contributed by atoms with Crippen molar-refractivity contribution in [1.82, 2.24) is 10.2 Å². The van der Waals surface area contributed by atoms with Crippen LogP contribution in [0.15, 0.2) is 42.5 Å². The first-order valence-electron chi connectivity index (χ1n) is 7.54. The van der Waals surface area contributed by atoms with Gasteiger partial charge in [-0.2, -0.15) is 0 Å². The molecule has 0 spiro atoms. The number of halogens is 3. The van der Waals surface area contributed by atoms with Gasteiger partial charge in [-0.15, -0.1) is 12.4 Å². The van der Waals surface area contributed by atoms with E-state index in [0.717, 1.165) is 10.8 Å². The van der Waals surface area contributed by atoms with Gasteiger partial charge in [-0.25, -0.2) is 8.78 Å². The molecule has 0 aliphatic carbocycles. The predicted octanol–water partition coefficient (Wildman–Crippen LogP) is 2.84. The second-order valence-electron chi connectivity index (χ2n) is 5.71. The smallest absolute Gasteiger partial charge is 0.289 e. The maximum atomic E-state index is 14.4. The van der Waals surface area contributed by atoms with E-state index in [2.05, 4.69) is 5.32 Å². The second-order valence-corrected chi connectivity index (χ2v) is 5.71. The molecule has 126 valence electrons. The van der Waals surface area contributed by atoms with Gasteiger partial charge in [-0.3, -0.25) is 4.90 Å². The van der Waals surface area contributed by atoms with Crippen molar-refractivity contribution in [3.05, 3.63) is 48.0 Å². The van der Waals surface area contributed by atoms with Gasteiger partial charge in [0, 0.05) is 26.2 Å². The number of benzene rings is 2. The number of alkyl halides is 2. The normalized spacial score (nSPS) is 17.7. The highest BCUT2D eigenvalue weighted by atomic mass is 35.5. The summed E-state index contributed by atoms with van der Waals surface area (Å²) < 4.78 is 28.8. The molecule has 0 bridgehead atoms. The minimum absolute atomic E-state index is 0. The molecule has 1 fully saturated rings. The third-order valence-corrected chi connectivity index (χ3v) is 4.22. The van der Waals surface area contributed by atoms with Crippen LogP contribution in [-0.4, -0.2) is 48.7 Å². The molecule has 23 heavy (non-hydrogen) atoms. The first-order chi connectivity index (χ1) is 10.6. The number of hydrogen-bond acceptors (Lipinski definition) is 3. The SMILES string of the molecule is Cl.OCC(F)(F)[C@H](c1ccc2ccccc2c1)N1CCNCC1. The van der Waals surface area contributed by atoms with Crippen LogP contribution in [0.4, 0.5) is 8.78 Å². The fraction of sp³-hybridized carbons (Fsp3) is 0.412. The molecule has 1 aliphatic heterocycles. The van der Waals surface area contributed by atoms with Gasteiger partial charge in [-0.05, 0) is 22.4 Å². The molecule has 3 rings (SSSR count). The predicted molar refractivity (Wildman–Crippen MR) is 90.4 cm³/mol. The Labute approximate surface area is 140 Å². The van der Waals surface area contributed by atoms with Crippen LogP contribution >= 0.6 is 12.4 Å². The topological polar surface area (TPSA) is 35.5 Å². The molecular weight excluding hydrogens is 322 g/mol. The van der Waals surface area contributed by atoms with Gasteiger partial charge in [0.25, 0.3) is 5.92 Å². The minimum Gasteiger partial charge on any atom is -0.390 e. The standard InChI is InChI=1S/C17H20F2N2O.ClH/c18-17(19,12-22)16(21-9-7-20-8-10-21)15-6-5-13-3-1-2-4-14(13)11-15;/h1-6,11,16,20,22H,7-10,12H2;1H/t16-;/m0./s1. The monoisotopic (exact) mass is 342 g/mol. The summed E-state index contributed by atoms with van der Waals surface area (Å²) in [5.74, 6) is -3.17. The van der Waals surface area contributed by atoms with Crippen LogP contribution in [0, 0.1) is 0 Å². The van der Waals surface area contributed by atoms with Gasteiger partial charge >= 0.3 is 0 Å². The molecule has 1 atom stereocenters. The Bertz CT molecular complexity index is 647. The lowest BCUT2D eigenvalue weighted by Crippen LogP contribution is -2.51. The van der Waals surface area contributed by atoms with E-state index < -0.39 is 18.6 Å². The van der Waals surface area contributed by atoms with Crippen LogP contribution in [0.1, 0.15) is 11.6 Å². The van der Waals surface area contributed by atoms with Crippen molar-refractivity contribution in [1.29, 1.82) is 0 Å². The average molecular weight is 343 g/mol. The van der Waals surface area contributed by atoms with Crippen LogP contribution in [-0.2, 0) is 0 Å². The molecule has 0 unspecified atom stereocenters. The molecule has 0 radical (unpaired) electrons. The quantitative estimate of drug-likeness (QED) is 0.897. The fourth-order valence-electron chi connectivity index (χ4n) is 3.13. The lowest BCUT2D eigenvalue weighted by Gasteiger charge is -2.38. The van der Waals surface area contributed by atoms with Gasteiger partial charge in [0.05, 0.1) is 0 Å². The Hall–Kier alpha value is -1.27. The van der Waals surface area contributed by atoms with Gasteiger partial charge in [0.2, 0.25) is 0 Å². The molecule has 6 heteroatoms. The van der Waals surface area contributed by atoms with Crippen LogP contribution in [0.5, 0.6) is 0 Å². The van der Waals surface area contributed by atoms with Gasteiger partial charge in [0.15, 0.2) is 0 Å². The van der Waals surface area contributed by atoms with Crippen molar-refractivity contribution in [2.75, 3.05) is 32.8 Å². The molecular formula is C17H21ClF2N2O. The number of fused-ring (bicyclic) bond motifs is 1. The third-order valence-electron chi connectivity index (χ3n) is 4.22. The van der Waals surface area contributed by atoms with Gasteiger partial charge in [-0.1, -0.05) is 36.4 Å². The maximum Gasteiger partial charge on any atom is 0.289 e. The Morgan fingerprint density at radius 1 is 1.09 bits per heavy atom. The van der Waals surface area contributed by atoms with E-state index in [1.807, 2.05) is 36.4 Å². The summed E-state index contributed by atoms with van der Waals surface area (Å²) >= 11 is 0. The minimum atomic E-state index is -3.17. The first kappa shape index (κ1) is 18.1. The molecule has 3 nitrogen and oxygen atoms in total. The lowest BCUT2D eigenvalue weighted by atomic mass is 9.95. The molecule has 1 heterocycles. The molecule has 1 saturated heterocycles. The average Bonchev–Trinajstić information content (AvgIpc) is 2.56. The molecule has 0 aromatic heterocycles. The van der Waals surface area contributed by atoms with E-state index in [4.69, 9.17) is 0 Å². The zero-order valence-corrected chi connectivity index (χ0v) is 13.5. The highest BCUT2D eigenvalue weighted by molar-refractivity contribution is 5.85. The Balaban J connectivity index is 0.00000192. The fourth-order valence-corrected chi connectivity index (χ4v) is 3.13. The van der Waals surface area contributed by atoms with Crippen molar-refractivity contribution >= 4 is 23.2 Å². The van der Waals surface area contributed by atoms with E-state index in [-0.39, 0.29) is 12.4 Å². The summed E-state index contributed by atoms with van der Waals surface area (Å²) in [7, 11) is 0. The van der Waals surface area contributed by atoms with Gasteiger partial charge in [0.1, 0.15) is 12.6 Å². The Kier molecular flexibility index (Phi) is 5.92. The van der Waals surface area contributed by atoms with Crippen LogP contribution in [0.3, 0.4) is 0 Å². The van der Waals surface area contributed by atoms with E-state index in [9.17, 15) is 13.9 Å².